The van der Waals surface area contributed by atoms with Gasteiger partial charge in [-0.05, 0) is 6.07 Å². The number of aromatic nitrogens is 1. The van der Waals surface area contributed by atoms with E-state index in [0.717, 1.165) is 5.56 Å². The Morgan fingerprint density at radius 3 is 3.07 bits per heavy atom. The molecular formula is C10H16N2O3. The molecular weight excluding hydrogens is 196 g/mol. The number of aliphatic hydroxyl groups is 2. The van der Waals surface area contributed by atoms with E-state index in [4.69, 9.17) is 14.9 Å². The molecule has 0 saturated carbocycles. The number of nitrogens with zero attached hydrogens (tertiary/aromatic N) is 1. The standard InChI is InChI=1S/C10H16N2O3/c1-15-10-8(3-2-4-12-10)5-11-6-9(14)7-13/h2-4,9,11,13-14H,5-7H2,1H3. The fourth-order valence-corrected chi connectivity index (χ4v) is 1.18. The lowest BCUT2D eigenvalue weighted by Gasteiger charge is -2.10. The number of methoxy groups -OCH3 is 1. The van der Waals surface area contributed by atoms with Gasteiger partial charge in [0.25, 0.3) is 0 Å². The number of aliphatic hydroxyl groups excluding tert-OH is 2. The summed E-state index contributed by atoms with van der Waals surface area (Å²) in [5.74, 6) is 0.573. The second-order valence-corrected chi connectivity index (χ2v) is 3.14. The van der Waals surface area contributed by atoms with Crippen molar-refractivity contribution < 1.29 is 14.9 Å². The van der Waals surface area contributed by atoms with Crippen molar-refractivity contribution in [3.05, 3.63) is 23.9 Å². The van der Waals surface area contributed by atoms with Crippen LogP contribution in [0.1, 0.15) is 5.56 Å². The molecule has 0 aliphatic carbocycles. The molecule has 5 heteroatoms. The van der Waals surface area contributed by atoms with Gasteiger partial charge in [0.15, 0.2) is 0 Å². The molecule has 1 rings (SSSR count). The monoisotopic (exact) mass is 212 g/mol. The number of rotatable bonds is 6. The third-order valence-electron chi connectivity index (χ3n) is 1.95. The topological polar surface area (TPSA) is 74.6 Å². The van der Waals surface area contributed by atoms with E-state index in [1.54, 1.807) is 13.3 Å². The van der Waals surface area contributed by atoms with E-state index in [2.05, 4.69) is 10.3 Å². The van der Waals surface area contributed by atoms with Crippen LogP contribution in [-0.2, 0) is 6.54 Å². The van der Waals surface area contributed by atoms with Crippen LogP contribution in [0.3, 0.4) is 0 Å². The molecule has 1 aromatic heterocycles. The van der Waals surface area contributed by atoms with Gasteiger partial charge in [-0.25, -0.2) is 4.98 Å². The first-order valence-corrected chi connectivity index (χ1v) is 4.75. The lowest BCUT2D eigenvalue weighted by molar-refractivity contribution is 0.0941. The summed E-state index contributed by atoms with van der Waals surface area (Å²) in [5.41, 5.74) is 0.921. The van der Waals surface area contributed by atoms with Gasteiger partial charge in [0.1, 0.15) is 0 Å². The first-order valence-electron chi connectivity index (χ1n) is 4.75. The van der Waals surface area contributed by atoms with Gasteiger partial charge in [-0.2, -0.15) is 0 Å². The largest absolute Gasteiger partial charge is 0.481 e. The Bertz CT molecular complexity index is 294. The molecule has 15 heavy (non-hydrogen) atoms. The van der Waals surface area contributed by atoms with Crippen LogP contribution in [0.15, 0.2) is 18.3 Å². The molecule has 0 spiro atoms. The van der Waals surface area contributed by atoms with Gasteiger partial charge in [-0.1, -0.05) is 6.07 Å². The minimum Gasteiger partial charge on any atom is -0.481 e. The van der Waals surface area contributed by atoms with Crippen LogP contribution in [-0.4, -0.2) is 41.6 Å². The molecule has 0 fully saturated rings. The summed E-state index contributed by atoms with van der Waals surface area (Å²) in [6.45, 7) is 0.653. The number of hydrogen-bond acceptors (Lipinski definition) is 5. The number of pyridine rings is 1. The number of ether oxygens (including phenoxy) is 1. The second-order valence-electron chi connectivity index (χ2n) is 3.14. The average molecular weight is 212 g/mol. The first kappa shape index (κ1) is 11.9. The molecule has 0 saturated heterocycles. The maximum atomic E-state index is 9.10. The Hall–Kier alpha value is -1.17. The van der Waals surface area contributed by atoms with Gasteiger partial charge in [-0.15, -0.1) is 0 Å². The Labute approximate surface area is 88.7 Å². The van der Waals surface area contributed by atoms with Gasteiger partial charge in [0, 0.05) is 24.8 Å². The Morgan fingerprint density at radius 2 is 2.40 bits per heavy atom. The third kappa shape index (κ3) is 3.83. The SMILES string of the molecule is COc1ncccc1CNCC(O)CO. The molecule has 1 heterocycles. The van der Waals surface area contributed by atoms with Crippen LogP contribution in [0, 0.1) is 0 Å². The number of nitrogens with one attached hydrogen (secondary N) is 1. The maximum Gasteiger partial charge on any atom is 0.217 e. The normalized spacial score (nSPS) is 12.5. The molecule has 1 unspecified atom stereocenters. The smallest absolute Gasteiger partial charge is 0.217 e. The Morgan fingerprint density at radius 1 is 1.60 bits per heavy atom. The highest BCUT2D eigenvalue weighted by Crippen LogP contribution is 2.12. The van der Waals surface area contributed by atoms with Gasteiger partial charge in [-0.3, -0.25) is 0 Å². The summed E-state index contributed by atoms with van der Waals surface area (Å²) >= 11 is 0. The molecule has 0 amide bonds. The van der Waals surface area contributed by atoms with Crippen molar-refractivity contribution >= 4 is 0 Å². The van der Waals surface area contributed by atoms with E-state index in [9.17, 15) is 0 Å². The highest BCUT2D eigenvalue weighted by Gasteiger charge is 2.04. The van der Waals surface area contributed by atoms with E-state index in [1.807, 2.05) is 12.1 Å². The summed E-state index contributed by atoms with van der Waals surface area (Å²) in [6, 6.07) is 3.71. The van der Waals surface area contributed by atoms with E-state index in [1.165, 1.54) is 0 Å². The van der Waals surface area contributed by atoms with Crippen molar-refractivity contribution in [2.45, 2.75) is 12.6 Å². The Balaban J connectivity index is 2.43. The molecule has 1 atom stereocenters. The predicted molar refractivity (Wildman–Crippen MR) is 55.6 cm³/mol. The van der Waals surface area contributed by atoms with Crippen molar-refractivity contribution in [2.75, 3.05) is 20.3 Å². The lowest BCUT2D eigenvalue weighted by Crippen LogP contribution is -2.29. The first-order chi connectivity index (χ1) is 7.27. The quantitative estimate of drug-likeness (QED) is 0.594. The summed E-state index contributed by atoms with van der Waals surface area (Å²) < 4.78 is 5.07. The average Bonchev–Trinajstić information content (AvgIpc) is 2.29. The second kappa shape index (κ2) is 6.34. The third-order valence-corrected chi connectivity index (χ3v) is 1.95. The van der Waals surface area contributed by atoms with Crippen LogP contribution in [0.2, 0.25) is 0 Å². The molecule has 1 aromatic rings. The molecule has 5 nitrogen and oxygen atoms in total. The molecule has 3 N–H and O–H groups in total. The van der Waals surface area contributed by atoms with E-state index in [-0.39, 0.29) is 6.61 Å². The van der Waals surface area contributed by atoms with Crippen LogP contribution in [0.25, 0.3) is 0 Å². The van der Waals surface area contributed by atoms with Gasteiger partial charge in [0.2, 0.25) is 5.88 Å². The van der Waals surface area contributed by atoms with E-state index >= 15 is 0 Å². The summed E-state index contributed by atoms with van der Waals surface area (Å²) in [5, 5.41) is 20.7. The maximum absolute atomic E-state index is 9.10. The van der Waals surface area contributed by atoms with Gasteiger partial charge >= 0.3 is 0 Å². The van der Waals surface area contributed by atoms with Crippen LogP contribution < -0.4 is 10.1 Å². The minimum absolute atomic E-state index is 0.239. The minimum atomic E-state index is -0.729. The van der Waals surface area contributed by atoms with Gasteiger partial charge in [0.05, 0.1) is 19.8 Å². The molecule has 0 aromatic carbocycles. The summed E-state index contributed by atoms with van der Waals surface area (Å²) in [6.07, 6.45) is 0.929. The zero-order valence-electron chi connectivity index (χ0n) is 8.68. The molecule has 0 radical (unpaired) electrons. The predicted octanol–water partition coefficient (Wildman–Crippen LogP) is -0.467. The van der Waals surface area contributed by atoms with Crippen molar-refractivity contribution in [3.63, 3.8) is 0 Å². The zero-order valence-corrected chi connectivity index (χ0v) is 8.68. The molecule has 0 aliphatic rings. The molecule has 84 valence electrons. The molecule has 0 bridgehead atoms. The van der Waals surface area contributed by atoms with Gasteiger partial charge < -0.3 is 20.3 Å². The van der Waals surface area contributed by atoms with Crippen LogP contribution in [0.4, 0.5) is 0 Å². The van der Waals surface area contributed by atoms with Crippen LogP contribution in [0.5, 0.6) is 5.88 Å². The lowest BCUT2D eigenvalue weighted by atomic mass is 10.2. The Kier molecular flexibility index (Phi) is 5.03. The van der Waals surface area contributed by atoms with E-state index in [0.29, 0.717) is 19.0 Å². The summed E-state index contributed by atoms with van der Waals surface area (Å²) in [7, 11) is 1.56. The zero-order chi connectivity index (χ0) is 11.1. The fourth-order valence-electron chi connectivity index (χ4n) is 1.18. The highest BCUT2D eigenvalue weighted by atomic mass is 16.5. The van der Waals surface area contributed by atoms with Crippen LogP contribution >= 0.6 is 0 Å². The van der Waals surface area contributed by atoms with Crippen molar-refractivity contribution in [3.8, 4) is 5.88 Å². The van der Waals surface area contributed by atoms with Crippen molar-refractivity contribution in [1.29, 1.82) is 0 Å². The number of hydrogen-bond donors (Lipinski definition) is 3. The molecule has 0 aliphatic heterocycles. The van der Waals surface area contributed by atoms with E-state index < -0.39 is 6.10 Å². The van der Waals surface area contributed by atoms with Crippen molar-refractivity contribution in [1.82, 2.24) is 10.3 Å². The van der Waals surface area contributed by atoms with Crippen molar-refractivity contribution in [2.24, 2.45) is 0 Å². The highest BCUT2D eigenvalue weighted by molar-refractivity contribution is 5.24. The fraction of sp³-hybridized carbons (Fsp3) is 0.500. The summed E-state index contributed by atoms with van der Waals surface area (Å²) in [4.78, 5) is 4.04.